The van der Waals surface area contributed by atoms with E-state index in [-0.39, 0.29) is 0 Å². The van der Waals surface area contributed by atoms with Gasteiger partial charge in [0.2, 0.25) is 5.88 Å². The number of hydrogen-bond donors (Lipinski definition) is 1. The van der Waals surface area contributed by atoms with E-state index in [0.717, 1.165) is 10.0 Å². The Morgan fingerprint density at radius 1 is 1.28 bits per heavy atom. The predicted molar refractivity (Wildman–Crippen MR) is 71.4 cm³/mol. The zero-order chi connectivity index (χ0) is 13.2. The van der Waals surface area contributed by atoms with Crippen molar-refractivity contribution in [3.05, 3.63) is 52.4 Å². The van der Waals surface area contributed by atoms with Crippen LogP contribution in [0.5, 0.6) is 5.88 Å². The maximum atomic E-state index is 10.7. The molecule has 94 valence electrons. The van der Waals surface area contributed by atoms with Crippen LogP contribution in [0.4, 0.5) is 0 Å². The van der Waals surface area contributed by atoms with Crippen LogP contribution >= 0.6 is 15.9 Å². The number of aliphatic hydroxyl groups is 1. The lowest BCUT2D eigenvalue weighted by molar-refractivity contribution is 0.0929. The first-order valence-corrected chi connectivity index (χ1v) is 6.19. The van der Waals surface area contributed by atoms with Crippen LogP contribution in [0.15, 0.2) is 41.1 Å². The van der Waals surface area contributed by atoms with Crippen molar-refractivity contribution in [1.82, 2.24) is 9.97 Å². The molecule has 1 heterocycles. The maximum absolute atomic E-state index is 10.7. The molecular formula is C13H13BrN2O2. The van der Waals surface area contributed by atoms with Gasteiger partial charge in [0, 0.05) is 16.9 Å². The van der Waals surface area contributed by atoms with Gasteiger partial charge < -0.3 is 9.84 Å². The molecule has 1 unspecified atom stereocenters. The standard InChI is InChI=1S/C13H13BrN2O2/c1-13(17,9-4-3-5-10(14)8-9)11-12(18-2)16-7-6-15-11/h3-8,17H,1-2H3. The third kappa shape index (κ3) is 2.37. The summed E-state index contributed by atoms with van der Waals surface area (Å²) in [7, 11) is 1.50. The fraction of sp³-hybridized carbons (Fsp3) is 0.231. The normalized spacial score (nSPS) is 14.0. The van der Waals surface area contributed by atoms with Gasteiger partial charge in [-0.15, -0.1) is 0 Å². The lowest BCUT2D eigenvalue weighted by Gasteiger charge is -2.24. The first kappa shape index (κ1) is 13.0. The van der Waals surface area contributed by atoms with E-state index in [1.807, 2.05) is 24.3 Å². The molecule has 1 atom stereocenters. The summed E-state index contributed by atoms with van der Waals surface area (Å²) in [6.07, 6.45) is 3.06. The van der Waals surface area contributed by atoms with E-state index in [0.29, 0.717) is 11.6 Å². The Morgan fingerprint density at radius 3 is 2.67 bits per heavy atom. The maximum Gasteiger partial charge on any atom is 0.238 e. The Kier molecular flexibility index (Phi) is 3.63. The SMILES string of the molecule is COc1nccnc1C(C)(O)c1cccc(Br)c1. The molecule has 0 saturated heterocycles. The second-order valence-electron chi connectivity index (χ2n) is 4.00. The van der Waals surface area contributed by atoms with E-state index < -0.39 is 5.60 Å². The predicted octanol–water partition coefficient (Wildman–Crippen LogP) is 2.50. The van der Waals surface area contributed by atoms with Crippen LogP contribution in [-0.4, -0.2) is 22.2 Å². The van der Waals surface area contributed by atoms with Crippen molar-refractivity contribution in [2.75, 3.05) is 7.11 Å². The summed E-state index contributed by atoms with van der Waals surface area (Å²) in [6.45, 7) is 1.67. The van der Waals surface area contributed by atoms with Gasteiger partial charge >= 0.3 is 0 Å². The van der Waals surface area contributed by atoms with Gasteiger partial charge in [0.25, 0.3) is 0 Å². The molecule has 2 rings (SSSR count). The van der Waals surface area contributed by atoms with Gasteiger partial charge in [-0.3, -0.25) is 4.98 Å². The second kappa shape index (κ2) is 5.04. The van der Waals surface area contributed by atoms with Gasteiger partial charge in [-0.2, -0.15) is 0 Å². The highest BCUT2D eigenvalue weighted by molar-refractivity contribution is 9.10. The lowest BCUT2D eigenvalue weighted by atomic mass is 9.92. The molecule has 4 nitrogen and oxygen atoms in total. The Morgan fingerprint density at radius 2 is 2.00 bits per heavy atom. The van der Waals surface area contributed by atoms with E-state index in [2.05, 4.69) is 25.9 Å². The molecule has 0 aliphatic carbocycles. The van der Waals surface area contributed by atoms with Crippen LogP contribution in [0.3, 0.4) is 0 Å². The minimum atomic E-state index is -1.26. The number of halogens is 1. The van der Waals surface area contributed by atoms with Crippen LogP contribution < -0.4 is 4.74 Å². The number of methoxy groups -OCH3 is 1. The molecule has 0 spiro atoms. The highest BCUT2D eigenvalue weighted by atomic mass is 79.9. The van der Waals surface area contributed by atoms with Crippen molar-refractivity contribution in [2.24, 2.45) is 0 Å². The second-order valence-corrected chi connectivity index (χ2v) is 4.91. The summed E-state index contributed by atoms with van der Waals surface area (Å²) in [6, 6.07) is 7.43. The smallest absolute Gasteiger partial charge is 0.238 e. The Balaban J connectivity index is 2.54. The number of ether oxygens (including phenoxy) is 1. The summed E-state index contributed by atoms with van der Waals surface area (Å²) >= 11 is 3.38. The summed E-state index contributed by atoms with van der Waals surface area (Å²) in [5.74, 6) is 0.322. The number of aromatic nitrogens is 2. The Bertz CT molecular complexity index is 558. The van der Waals surface area contributed by atoms with Crippen LogP contribution in [0.1, 0.15) is 18.2 Å². The van der Waals surface area contributed by atoms with Crippen molar-refractivity contribution in [1.29, 1.82) is 0 Å². The van der Waals surface area contributed by atoms with Crippen LogP contribution in [0.2, 0.25) is 0 Å². The van der Waals surface area contributed by atoms with Gasteiger partial charge in [-0.1, -0.05) is 28.1 Å². The number of rotatable bonds is 3. The monoisotopic (exact) mass is 308 g/mol. The zero-order valence-corrected chi connectivity index (χ0v) is 11.7. The van der Waals surface area contributed by atoms with Crippen molar-refractivity contribution in [2.45, 2.75) is 12.5 Å². The Hall–Kier alpha value is -1.46. The number of hydrogen-bond acceptors (Lipinski definition) is 4. The molecule has 0 fully saturated rings. The summed E-state index contributed by atoms with van der Waals surface area (Å²) in [4.78, 5) is 8.23. The van der Waals surface area contributed by atoms with Gasteiger partial charge in [-0.25, -0.2) is 4.98 Å². The highest BCUT2D eigenvalue weighted by Gasteiger charge is 2.31. The molecule has 18 heavy (non-hydrogen) atoms. The molecule has 0 amide bonds. The van der Waals surface area contributed by atoms with E-state index in [4.69, 9.17) is 4.74 Å². The number of nitrogens with zero attached hydrogens (tertiary/aromatic N) is 2. The van der Waals surface area contributed by atoms with E-state index >= 15 is 0 Å². The minimum Gasteiger partial charge on any atom is -0.480 e. The summed E-state index contributed by atoms with van der Waals surface area (Å²) < 4.78 is 6.03. The van der Waals surface area contributed by atoms with E-state index in [1.165, 1.54) is 19.5 Å². The first-order chi connectivity index (χ1) is 8.55. The van der Waals surface area contributed by atoms with Gasteiger partial charge in [-0.05, 0) is 24.6 Å². The van der Waals surface area contributed by atoms with Crippen LogP contribution in [0, 0.1) is 0 Å². The highest BCUT2D eigenvalue weighted by Crippen LogP contribution is 2.33. The van der Waals surface area contributed by atoms with Crippen molar-refractivity contribution in [3.63, 3.8) is 0 Å². The lowest BCUT2D eigenvalue weighted by Crippen LogP contribution is -2.25. The average molecular weight is 309 g/mol. The van der Waals surface area contributed by atoms with Crippen molar-refractivity contribution in [3.8, 4) is 5.88 Å². The summed E-state index contributed by atoms with van der Waals surface area (Å²) in [5, 5.41) is 10.7. The van der Waals surface area contributed by atoms with E-state index in [9.17, 15) is 5.11 Å². The molecule has 0 bridgehead atoms. The Labute approximate surface area is 114 Å². The average Bonchev–Trinajstić information content (AvgIpc) is 2.38. The quantitative estimate of drug-likeness (QED) is 0.946. The molecule has 5 heteroatoms. The van der Waals surface area contributed by atoms with Gasteiger partial charge in [0.1, 0.15) is 11.3 Å². The topological polar surface area (TPSA) is 55.2 Å². The third-order valence-corrected chi connectivity index (χ3v) is 3.20. The van der Waals surface area contributed by atoms with Gasteiger partial charge in [0.15, 0.2) is 0 Å². The molecule has 0 aliphatic heterocycles. The third-order valence-electron chi connectivity index (χ3n) is 2.71. The van der Waals surface area contributed by atoms with Crippen LogP contribution in [0.25, 0.3) is 0 Å². The molecule has 0 aliphatic rings. The minimum absolute atomic E-state index is 0.322. The largest absolute Gasteiger partial charge is 0.480 e. The molecule has 1 N–H and O–H groups in total. The molecule has 1 aromatic carbocycles. The molecule has 1 aromatic heterocycles. The fourth-order valence-electron chi connectivity index (χ4n) is 1.74. The summed E-state index contributed by atoms with van der Waals surface area (Å²) in [5.41, 5.74) is -0.148. The van der Waals surface area contributed by atoms with Crippen molar-refractivity contribution < 1.29 is 9.84 Å². The molecular weight excluding hydrogens is 296 g/mol. The molecule has 0 saturated carbocycles. The molecule has 2 aromatic rings. The van der Waals surface area contributed by atoms with Gasteiger partial charge in [0.05, 0.1) is 7.11 Å². The van der Waals surface area contributed by atoms with Crippen molar-refractivity contribution >= 4 is 15.9 Å². The van der Waals surface area contributed by atoms with E-state index in [1.54, 1.807) is 6.92 Å². The number of benzene rings is 1. The molecule has 0 radical (unpaired) electrons. The first-order valence-electron chi connectivity index (χ1n) is 5.39. The fourth-order valence-corrected chi connectivity index (χ4v) is 2.14. The zero-order valence-electron chi connectivity index (χ0n) is 10.1. The van der Waals surface area contributed by atoms with Crippen LogP contribution in [-0.2, 0) is 5.60 Å².